The zero-order chi connectivity index (χ0) is 14.9. The number of hydrogen-bond acceptors (Lipinski definition) is 2. The monoisotopic (exact) mass is 338 g/mol. The van der Waals surface area contributed by atoms with E-state index in [1.165, 1.54) is 0 Å². The summed E-state index contributed by atoms with van der Waals surface area (Å²) in [5.41, 5.74) is 2.30. The van der Waals surface area contributed by atoms with Crippen molar-refractivity contribution in [3.8, 4) is 5.75 Å². The Labute approximate surface area is 126 Å². The Morgan fingerprint density at radius 1 is 1.15 bits per heavy atom. The summed E-state index contributed by atoms with van der Waals surface area (Å²) >= 11 is 3.39. The lowest BCUT2D eigenvalue weighted by Gasteiger charge is -2.17. The Kier molecular flexibility index (Phi) is 4.45. The largest absolute Gasteiger partial charge is 0.496 e. The van der Waals surface area contributed by atoms with Crippen molar-refractivity contribution in [2.45, 2.75) is 20.0 Å². The Morgan fingerprint density at radius 3 is 2.50 bits per heavy atom. The Balaban J connectivity index is 2.51. The summed E-state index contributed by atoms with van der Waals surface area (Å²) in [7, 11) is 1.58. The van der Waals surface area contributed by atoms with Crippen LogP contribution in [0.5, 0.6) is 5.75 Å². The summed E-state index contributed by atoms with van der Waals surface area (Å²) in [4.78, 5) is 0. The summed E-state index contributed by atoms with van der Waals surface area (Å²) in [5.74, 6) is 0.314. The number of halogens is 2. The molecule has 0 heterocycles. The molecule has 0 saturated heterocycles. The van der Waals surface area contributed by atoms with Gasteiger partial charge >= 0.3 is 0 Å². The predicted molar refractivity (Wildman–Crippen MR) is 80.6 cm³/mol. The molecule has 1 N–H and O–H groups in total. The first kappa shape index (κ1) is 15.0. The summed E-state index contributed by atoms with van der Waals surface area (Å²) in [5, 5.41) is 10.5. The van der Waals surface area contributed by atoms with Crippen LogP contribution in [-0.4, -0.2) is 12.2 Å². The van der Waals surface area contributed by atoms with Crippen LogP contribution in [0.4, 0.5) is 4.39 Å². The smallest absolute Gasteiger partial charge is 0.133 e. The van der Waals surface area contributed by atoms with E-state index >= 15 is 0 Å². The molecule has 1 unspecified atom stereocenters. The predicted octanol–water partition coefficient (Wildman–Crippen LogP) is 4.30. The van der Waals surface area contributed by atoms with Crippen molar-refractivity contribution in [1.29, 1.82) is 0 Å². The van der Waals surface area contributed by atoms with Gasteiger partial charge in [-0.05, 0) is 58.6 Å². The van der Waals surface area contributed by atoms with Gasteiger partial charge in [0.2, 0.25) is 0 Å². The number of aliphatic hydroxyl groups is 1. The third-order valence-corrected chi connectivity index (χ3v) is 3.97. The average Bonchev–Trinajstić information content (AvgIpc) is 2.43. The second-order valence-electron chi connectivity index (χ2n) is 4.72. The van der Waals surface area contributed by atoms with E-state index in [4.69, 9.17) is 4.74 Å². The molecule has 0 fully saturated rings. The normalized spacial score (nSPS) is 12.3. The maximum absolute atomic E-state index is 14.1. The molecular formula is C16H16BrFO2. The summed E-state index contributed by atoms with van der Waals surface area (Å²) in [6.45, 7) is 3.55. The van der Waals surface area contributed by atoms with Crippen LogP contribution in [0.25, 0.3) is 0 Å². The van der Waals surface area contributed by atoms with Crippen molar-refractivity contribution in [2.24, 2.45) is 0 Å². The van der Waals surface area contributed by atoms with E-state index in [-0.39, 0.29) is 11.4 Å². The van der Waals surface area contributed by atoms with Crippen LogP contribution in [0.15, 0.2) is 34.8 Å². The molecular weight excluding hydrogens is 323 g/mol. The fourth-order valence-corrected chi connectivity index (χ4v) is 2.69. The molecule has 1 atom stereocenters. The second kappa shape index (κ2) is 5.94. The van der Waals surface area contributed by atoms with Crippen molar-refractivity contribution >= 4 is 15.9 Å². The highest BCUT2D eigenvalue weighted by Crippen LogP contribution is 2.34. The molecule has 0 bridgehead atoms. The molecule has 0 radical (unpaired) electrons. The van der Waals surface area contributed by atoms with Crippen molar-refractivity contribution < 1.29 is 14.2 Å². The summed E-state index contributed by atoms with van der Waals surface area (Å²) in [6, 6.07) is 8.61. The minimum absolute atomic E-state index is 0.283. The van der Waals surface area contributed by atoms with E-state index in [0.29, 0.717) is 16.9 Å². The van der Waals surface area contributed by atoms with Crippen molar-refractivity contribution in [3.05, 3.63) is 62.9 Å². The minimum atomic E-state index is -1.00. The summed E-state index contributed by atoms with van der Waals surface area (Å²) in [6.07, 6.45) is -1.00. The molecule has 2 nitrogen and oxygen atoms in total. The molecule has 0 aliphatic rings. The Hall–Kier alpha value is -1.39. The van der Waals surface area contributed by atoms with Crippen LogP contribution >= 0.6 is 15.9 Å². The van der Waals surface area contributed by atoms with Gasteiger partial charge in [0.25, 0.3) is 0 Å². The lowest BCUT2D eigenvalue weighted by atomic mass is 9.96. The van der Waals surface area contributed by atoms with Gasteiger partial charge in [-0.25, -0.2) is 4.39 Å². The topological polar surface area (TPSA) is 29.5 Å². The van der Waals surface area contributed by atoms with Crippen LogP contribution in [-0.2, 0) is 0 Å². The average molecular weight is 339 g/mol. The molecule has 2 aromatic rings. The zero-order valence-electron chi connectivity index (χ0n) is 11.6. The van der Waals surface area contributed by atoms with Crippen molar-refractivity contribution in [3.63, 3.8) is 0 Å². The molecule has 0 amide bonds. The maximum atomic E-state index is 14.1. The van der Waals surface area contributed by atoms with Crippen molar-refractivity contribution in [1.82, 2.24) is 0 Å². The first-order valence-corrected chi connectivity index (χ1v) is 7.02. The third-order valence-electron chi connectivity index (χ3n) is 3.35. The molecule has 0 aliphatic carbocycles. The van der Waals surface area contributed by atoms with Gasteiger partial charge in [0, 0.05) is 5.56 Å². The minimum Gasteiger partial charge on any atom is -0.496 e. The highest BCUT2D eigenvalue weighted by Gasteiger charge is 2.19. The molecule has 0 saturated carbocycles. The van der Waals surface area contributed by atoms with Crippen molar-refractivity contribution in [2.75, 3.05) is 7.11 Å². The maximum Gasteiger partial charge on any atom is 0.133 e. The van der Waals surface area contributed by atoms with Crippen LogP contribution < -0.4 is 4.74 Å². The molecule has 2 aromatic carbocycles. The number of rotatable bonds is 3. The number of aryl methyl sites for hydroxylation is 2. The Morgan fingerprint density at radius 2 is 1.85 bits per heavy atom. The van der Waals surface area contributed by atoms with Crippen LogP contribution in [0.3, 0.4) is 0 Å². The van der Waals surface area contributed by atoms with Gasteiger partial charge in [-0.3, -0.25) is 0 Å². The highest BCUT2D eigenvalue weighted by atomic mass is 79.9. The fourth-order valence-electron chi connectivity index (χ4n) is 2.17. The van der Waals surface area contributed by atoms with E-state index in [0.717, 1.165) is 10.0 Å². The standard InChI is InChI=1S/C16H16BrFO2/c1-9-5-4-6-11(15(9)18)16(19)12-8-13(17)14(20-3)7-10(12)2/h4-8,16,19H,1-3H3. The molecule has 4 heteroatoms. The fraction of sp³-hybridized carbons (Fsp3) is 0.250. The first-order chi connectivity index (χ1) is 9.45. The van der Waals surface area contributed by atoms with E-state index in [1.807, 2.05) is 13.0 Å². The van der Waals surface area contributed by atoms with E-state index in [1.54, 1.807) is 38.3 Å². The van der Waals surface area contributed by atoms with Gasteiger partial charge in [0.15, 0.2) is 0 Å². The van der Waals surface area contributed by atoms with Gasteiger partial charge in [0.05, 0.1) is 11.6 Å². The SMILES string of the molecule is COc1cc(C)c(C(O)c2cccc(C)c2F)cc1Br. The lowest BCUT2D eigenvalue weighted by Crippen LogP contribution is -2.06. The van der Waals surface area contributed by atoms with Gasteiger partial charge < -0.3 is 9.84 Å². The van der Waals surface area contributed by atoms with Gasteiger partial charge in [-0.15, -0.1) is 0 Å². The number of benzene rings is 2. The van der Waals surface area contributed by atoms with Crippen LogP contribution in [0.2, 0.25) is 0 Å². The van der Waals surface area contributed by atoms with E-state index in [9.17, 15) is 9.50 Å². The van der Waals surface area contributed by atoms with Gasteiger partial charge in [-0.2, -0.15) is 0 Å². The number of aliphatic hydroxyl groups excluding tert-OH is 1. The molecule has 106 valence electrons. The Bertz CT molecular complexity index is 641. The van der Waals surface area contributed by atoms with Gasteiger partial charge in [0.1, 0.15) is 17.7 Å². The molecule has 0 aliphatic heterocycles. The number of hydrogen-bond donors (Lipinski definition) is 1. The highest BCUT2D eigenvalue weighted by molar-refractivity contribution is 9.10. The number of methoxy groups -OCH3 is 1. The van der Waals surface area contributed by atoms with Gasteiger partial charge in [-0.1, -0.05) is 18.2 Å². The second-order valence-corrected chi connectivity index (χ2v) is 5.58. The number of ether oxygens (including phenoxy) is 1. The molecule has 0 spiro atoms. The van der Waals surface area contributed by atoms with E-state index in [2.05, 4.69) is 15.9 Å². The molecule has 0 aromatic heterocycles. The zero-order valence-corrected chi connectivity index (χ0v) is 13.2. The first-order valence-electron chi connectivity index (χ1n) is 6.22. The van der Waals surface area contributed by atoms with Crippen LogP contribution in [0.1, 0.15) is 28.4 Å². The molecule has 20 heavy (non-hydrogen) atoms. The van der Waals surface area contributed by atoms with E-state index < -0.39 is 6.10 Å². The molecule has 2 rings (SSSR count). The third kappa shape index (κ3) is 2.72. The summed E-state index contributed by atoms with van der Waals surface area (Å²) < 4.78 is 20.1. The van der Waals surface area contributed by atoms with Crippen LogP contribution in [0, 0.1) is 19.7 Å². The lowest BCUT2D eigenvalue weighted by molar-refractivity contribution is 0.214. The quantitative estimate of drug-likeness (QED) is 0.904.